The molecule has 0 spiro atoms. The molecular weight excluding hydrogens is 212 g/mol. The van der Waals surface area contributed by atoms with Crippen molar-refractivity contribution in [1.82, 2.24) is 0 Å². The maximum Gasteiger partial charge on any atom is 0.182 e. The molecular formula is C15H24O2. The van der Waals surface area contributed by atoms with Crippen LogP contribution in [0.3, 0.4) is 0 Å². The van der Waals surface area contributed by atoms with Gasteiger partial charge in [0.1, 0.15) is 0 Å². The van der Waals surface area contributed by atoms with E-state index in [2.05, 4.69) is 27.7 Å². The predicted octanol–water partition coefficient (Wildman–Crippen LogP) is 3.88. The van der Waals surface area contributed by atoms with Crippen LogP contribution in [0.1, 0.15) is 47.5 Å². The summed E-state index contributed by atoms with van der Waals surface area (Å²) in [6.07, 6.45) is 8.21. The quantitative estimate of drug-likeness (QED) is 0.692. The van der Waals surface area contributed by atoms with Crippen LogP contribution in [0, 0.1) is 11.3 Å². The van der Waals surface area contributed by atoms with Crippen LogP contribution in [0.2, 0.25) is 0 Å². The second kappa shape index (κ2) is 5.07. The predicted molar refractivity (Wildman–Crippen MR) is 70.6 cm³/mol. The van der Waals surface area contributed by atoms with Crippen LogP contribution in [0.25, 0.3) is 0 Å². The summed E-state index contributed by atoms with van der Waals surface area (Å²) in [5.74, 6) is 0.454. The SMILES string of the molecule is CC1=CC(C=O)(CC(C)CC(C)(C)C)OC=C1. The molecule has 1 heterocycles. The average molecular weight is 236 g/mol. The van der Waals surface area contributed by atoms with Gasteiger partial charge in [0.05, 0.1) is 6.26 Å². The molecule has 0 fully saturated rings. The van der Waals surface area contributed by atoms with E-state index in [0.29, 0.717) is 5.92 Å². The Labute approximate surface area is 105 Å². The van der Waals surface area contributed by atoms with Gasteiger partial charge >= 0.3 is 0 Å². The highest BCUT2D eigenvalue weighted by molar-refractivity contribution is 5.67. The first-order chi connectivity index (χ1) is 7.76. The standard InChI is InChI=1S/C15H24O2/c1-12-6-7-17-15(9-12,11-16)10-13(2)8-14(3,4)5/h6-7,9,11,13H,8,10H2,1-5H3. The lowest BCUT2D eigenvalue weighted by Gasteiger charge is -2.32. The molecule has 1 aliphatic heterocycles. The van der Waals surface area contributed by atoms with Gasteiger partial charge in [-0.05, 0) is 42.4 Å². The summed E-state index contributed by atoms with van der Waals surface area (Å²) < 4.78 is 5.55. The first kappa shape index (κ1) is 14.0. The third kappa shape index (κ3) is 4.37. The van der Waals surface area contributed by atoms with Gasteiger partial charge in [-0.2, -0.15) is 0 Å². The molecule has 2 unspecified atom stereocenters. The lowest BCUT2D eigenvalue weighted by Crippen LogP contribution is -2.35. The van der Waals surface area contributed by atoms with Crippen LogP contribution in [-0.4, -0.2) is 11.9 Å². The van der Waals surface area contributed by atoms with Crippen LogP contribution in [0.15, 0.2) is 24.0 Å². The molecule has 17 heavy (non-hydrogen) atoms. The van der Waals surface area contributed by atoms with Crippen LogP contribution < -0.4 is 0 Å². The zero-order valence-electron chi connectivity index (χ0n) is 11.6. The van der Waals surface area contributed by atoms with E-state index in [1.165, 1.54) is 0 Å². The molecule has 0 N–H and O–H groups in total. The third-order valence-electron chi connectivity index (χ3n) is 2.92. The Kier molecular flexibility index (Phi) is 4.18. The fourth-order valence-corrected chi connectivity index (χ4v) is 2.61. The molecule has 96 valence electrons. The Morgan fingerprint density at radius 3 is 2.59 bits per heavy atom. The van der Waals surface area contributed by atoms with Crippen molar-refractivity contribution in [3.8, 4) is 0 Å². The molecule has 0 amide bonds. The molecule has 1 aliphatic rings. The highest BCUT2D eigenvalue weighted by Crippen LogP contribution is 2.32. The summed E-state index contributed by atoms with van der Waals surface area (Å²) in [4.78, 5) is 11.3. The van der Waals surface area contributed by atoms with E-state index in [-0.39, 0.29) is 5.41 Å². The van der Waals surface area contributed by atoms with E-state index >= 15 is 0 Å². The summed E-state index contributed by atoms with van der Waals surface area (Å²) in [5, 5.41) is 0. The molecule has 0 radical (unpaired) electrons. The number of allylic oxidation sites excluding steroid dienone is 2. The highest BCUT2D eigenvalue weighted by Gasteiger charge is 2.33. The summed E-state index contributed by atoms with van der Waals surface area (Å²) in [5.41, 5.74) is 0.627. The monoisotopic (exact) mass is 236 g/mol. The number of carbonyl (C=O) groups is 1. The maximum absolute atomic E-state index is 11.3. The first-order valence-corrected chi connectivity index (χ1v) is 6.26. The topological polar surface area (TPSA) is 26.3 Å². The van der Waals surface area contributed by atoms with Gasteiger partial charge in [0.25, 0.3) is 0 Å². The Balaban J connectivity index is 2.71. The molecule has 0 bridgehead atoms. The Morgan fingerprint density at radius 2 is 2.12 bits per heavy atom. The van der Waals surface area contributed by atoms with E-state index < -0.39 is 5.60 Å². The van der Waals surface area contributed by atoms with Gasteiger partial charge in [0.15, 0.2) is 11.9 Å². The van der Waals surface area contributed by atoms with Crippen molar-refractivity contribution in [2.45, 2.75) is 53.1 Å². The molecule has 1 rings (SSSR count). The summed E-state index contributed by atoms with van der Waals surface area (Å²) in [6, 6.07) is 0. The Hall–Kier alpha value is -1.05. The number of hydrogen-bond donors (Lipinski definition) is 0. The van der Waals surface area contributed by atoms with Crippen LogP contribution in [0.4, 0.5) is 0 Å². The molecule has 0 aromatic carbocycles. The average Bonchev–Trinajstić information content (AvgIpc) is 2.14. The Bertz CT molecular complexity index is 333. The first-order valence-electron chi connectivity index (χ1n) is 6.26. The number of carbonyl (C=O) groups excluding carboxylic acids is 1. The second-order valence-corrected chi connectivity index (χ2v) is 6.46. The molecule has 0 aromatic rings. The molecule has 0 aromatic heterocycles. The van der Waals surface area contributed by atoms with Gasteiger partial charge in [-0.25, -0.2) is 0 Å². The van der Waals surface area contributed by atoms with Crippen molar-refractivity contribution in [3.63, 3.8) is 0 Å². The largest absolute Gasteiger partial charge is 0.483 e. The minimum Gasteiger partial charge on any atom is -0.483 e. The lowest BCUT2D eigenvalue weighted by atomic mass is 9.80. The van der Waals surface area contributed by atoms with Gasteiger partial charge in [0, 0.05) is 6.42 Å². The minimum atomic E-state index is -0.747. The van der Waals surface area contributed by atoms with E-state index in [0.717, 1.165) is 24.7 Å². The number of rotatable bonds is 4. The zero-order valence-corrected chi connectivity index (χ0v) is 11.6. The molecule has 2 heteroatoms. The van der Waals surface area contributed by atoms with Crippen LogP contribution in [0.5, 0.6) is 0 Å². The molecule has 0 saturated heterocycles. The van der Waals surface area contributed by atoms with Crippen molar-refractivity contribution in [1.29, 1.82) is 0 Å². The molecule has 2 atom stereocenters. The van der Waals surface area contributed by atoms with Crippen molar-refractivity contribution in [3.05, 3.63) is 24.0 Å². The van der Waals surface area contributed by atoms with Gasteiger partial charge in [0.2, 0.25) is 0 Å². The second-order valence-electron chi connectivity index (χ2n) is 6.46. The van der Waals surface area contributed by atoms with Gasteiger partial charge < -0.3 is 4.74 Å². The fourth-order valence-electron chi connectivity index (χ4n) is 2.61. The van der Waals surface area contributed by atoms with Gasteiger partial charge in [-0.15, -0.1) is 0 Å². The van der Waals surface area contributed by atoms with Crippen LogP contribution in [-0.2, 0) is 9.53 Å². The van der Waals surface area contributed by atoms with E-state index in [1.807, 2.05) is 19.1 Å². The number of hydrogen-bond acceptors (Lipinski definition) is 2. The van der Waals surface area contributed by atoms with E-state index in [9.17, 15) is 4.79 Å². The fraction of sp³-hybridized carbons (Fsp3) is 0.667. The highest BCUT2D eigenvalue weighted by atomic mass is 16.5. The lowest BCUT2D eigenvalue weighted by molar-refractivity contribution is -0.122. The summed E-state index contributed by atoms with van der Waals surface area (Å²) in [7, 11) is 0. The molecule has 0 saturated carbocycles. The summed E-state index contributed by atoms with van der Waals surface area (Å²) in [6.45, 7) is 10.8. The minimum absolute atomic E-state index is 0.284. The summed E-state index contributed by atoms with van der Waals surface area (Å²) >= 11 is 0. The Morgan fingerprint density at radius 1 is 1.47 bits per heavy atom. The van der Waals surface area contributed by atoms with Crippen molar-refractivity contribution >= 4 is 6.29 Å². The van der Waals surface area contributed by atoms with E-state index in [4.69, 9.17) is 4.74 Å². The van der Waals surface area contributed by atoms with Crippen LogP contribution >= 0.6 is 0 Å². The maximum atomic E-state index is 11.3. The zero-order chi connectivity index (χ0) is 13.1. The smallest absolute Gasteiger partial charge is 0.182 e. The normalized spacial score (nSPS) is 26.1. The van der Waals surface area contributed by atoms with Crippen molar-refractivity contribution in [2.24, 2.45) is 11.3 Å². The third-order valence-corrected chi connectivity index (χ3v) is 2.92. The number of ether oxygens (including phenoxy) is 1. The molecule has 2 nitrogen and oxygen atoms in total. The number of aldehydes is 1. The molecule has 0 aliphatic carbocycles. The van der Waals surface area contributed by atoms with E-state index in [1.54, 1.807) is 6.26 Å². The van der Waals surface area contributed by atoms with Crippen molar-refractivity contribution < 1.29 is 9.53 Å². The van der Waals surface area contributed by atoms with Crippen molar-refractivity contribution in [2.75, 3.05) is 0 Å². The van der Waals surface area contributed by atoms with Gasteiger partial charge in [-0.1, -0.05) is 27.7 Å². The van der Waals surface area contributed by atoms with Gasteiger partial charge in [-0.3, -0.25) is 4.79 Å².